The first-order valence-corrected chi connectivity index (χ1v) is 5.26. The van der Waals surface area contributed by atoms with Gasteiger partial charge in [0.15, 0.2) is 0 Å². The molecular weight excluding hydrogens is 194 g/mol. The first-order valence-electron chi connectivity index (χ1n) is 5.26. The van der Waals surface area contributed by atoms with Crippen LogP contribution in [0.2, 0.25) is 0 Å². The standard InChI is InChI=1S/C11H19NO3/c1-9(2)6-11(13)15-8-10-4-5-12(3,14)7-10/h6,10H,4-5,7-8H2,1-3H3. The van der Waals surface area contributed by atoms with Gasteiger partial charge in [0.25, 0.3) is 0 Å². The van der Waals surface area contributed by atoms with Crippen molar-refractivity contribution in [2.45, 2.75) is 20.3 Å². The number of esters is 1. The van der Waals surface area contributed by atoms with E-state index in [1.807, 2.05) is 13.8 Å². The Morgan fingerprint density at radius 3 is 2.73 bits per heavy atom. The maximum atomic E-state index is 11.5. The summed E-state index contributed by atoms with van der Waals surface area (Å²) >= 11 is 0. The van der Waals surface area contributed by atoms with Crippen molar-refractivity contribution in [2.24, 2.45) is 5.92 Å². The monoisotopic (exact) mass is 213 g/mol. The number of carbonyl (C=O) groups excluding carboxylic acids is 1. The Bertz CT molecular complexity index is 267. The highest BCUT2D eigenvalue weighted by Crippen LogP contribution is 2.21. The van der Waals surface area contributed by atoms with Crippen LogP contribution in [0.1, 0.15) is 20.3 Å². The lowest BCUT2D eigenvalue weighted by atomic mass is 10.1. The van der Waals surface area contributed by atoms with Crippen LogP contribution in [-0.2, 0) is 9.53 Å². The SMILES string of the molecule is CC(C)=CC(=O)OCC1CC[N+](C)([O-])C1. The zero-order valence-electron chi connectivity index (χ0n) is 9.66. The fraction of sp³-hybridized carbons (Fsp3) is 0.727. The lowest BCUT2D eigenvalue weighted by Gasteiger charge is -2.33. The summed E-state index contributed by atoms with van der Waals surface area (Å²) in [6.07, 6.45) is 2.32. The molecule has 2 atom stereocenters. The number of nitrogens with zero attached hydrogens (tertiary/aromatic N) is 1. The van der Waals surface area contributed by atoms with Gasteiger partial charge in [0.2, 0.25) is 0 Å². The average molecular weight is 213 g/mol. The van der Waals surface area contributed by atoms with E-state index in [9.17, 15) is 10.0 Å². The molecule has 1 aliphatic heterocycles. The van der Waals surface area contributed by atoms with E-state index in [0.717, 1.165) is 12.0 Å². The van der Waals surface area contributed by atoms with E-state index in [-0.39, 0.29) is 16.5 Å². The Hall–Kier alpha value is -0.870. The summed E-state index contributed by atoms with van der Waals surface area (Å²) in [6, 6.07) is 0. The number of rotatable bonds is 3. The van der Waals surface area contributed by atoms with E-state index in [1.54, 1.807) is 7.05 Å². The largest absolute Gasteiger partial charge is 0.633 e. The third kappa shape index (κ3) is 4.44. The summed E-state index contributed by atoms with van der Waals surface area (Å²) in [7, 11) is 1.66. The number of allylic oxidation sites excluding steroid dienone is 1. The Balaban J connectivity index is 2.27. The summed E-state index contributed by atoms with van der Waals surface area (Å²) in [6.45, 7) is 5.26. The molecule has 0 aromatic carbocycles. The van der Waals surface area contributed by atoms with Crippen molar-refractivity contribution in [1.82, 2.24) is 0 Å². The Kier molecular flexibility index (Phi) is 3.88. The lowest BCUT2D eigenvalue weighted by Crippen LogP contribution is -2.34. The number of carbonyl (C=O) groups is 1. The number of ether oxygens (including phenoxy) is 1. The smallest absolute Gasteiger partial charge is 0.330 e. The van der Waals surface area contributed by atoms with E-state index in [0.29, 0.717) is 19.7 Å². The molecule has 0 radical (unpaired) electrons. The van der Waals surface area contributed by atoms with Crippen molar-refractivity contribution in [1.29, 1.82) is 0 Å². The third-order valence-electron chi connectivity index (χ3n) is 2.52. The minimum Gasteiger partial charge on any atom is -0.633 e. The molecule has 0 aliphatic carbocycles. The van der Waals surface area contributed by atoms with Gasteiger partial charge >= 0.3 is 5.97 Å². The molecule has 2 unspecified atom stereocenters. The Morgan fingerprint density at radius 2 is 2.27 bits per heavy atom. The van der Waals surface area contributed by atoms with Gasteiger partial charge in [0.05, 0.1) is 20.1 Å². The molecule has 0 aromatic rings. The summed E-state index contributed by atoms with van der Waals surface area (Å²) < 4.78 is 4.86. The molecule has 0 amide bonds. The summed E-state index contributed by atoms with van der Waals surface area (Å²) in [5.74, 6) is -0.0796. The fourth-order valence-corrected chi connectivity index (χ4v) is 1.80. The highest BCUT2D eigenvalue weighted by molar-refractivity contribution is 5.82. The number of quaternary nitrogens is 1. The maximum Gasteiger partial charge on any atom is 0.330 e. The zero-order valence-corrected chi connectivity index (χ0v) is 9.66. The third-order valence-corrected chi connectivity index (χ3v) is 2.52. The topological polar surface area (TPSA) is 49.4 Å². The Morgan fingerprint density at radius 1 is 1.60 bits per heavy atom. The molecule has 86 valence electrons. The molecule has 0 aromatic heterocycles. The summed E-state index contributed by atoms with van der Waals surface area (Å²) in [5.41, 5.74) is 0.927. The molecule has 0 N–H and O–H groups in total. The first-order chi connectivity index (χ1) is 6.89. The number of hydrogen-bond acceptors (Lipinski definition) is 3. The van der Waals surface area contributed by atoms with Gasteiger partial charge in [-0.15, -0.1) is 0 Å². The Labute approximate surface area is 90.7 Å². The molecule has 0 spiro atoms. The average Bonchev–Trinajstić information content (AvgIpc) is 2.41. The maximum absolute atomic E-state index is 11.5. The van der Waals surface area contributed by atoms with Gasteiger partial charge in [-0.25, -0.2) is 4.79 Å². The van der Waals surface area contributed by atoms with Gasteiger partial charge in [0, 0.05) is 18.4 Å². The second-order valence-corrected chi connectivity index (χ2v) is 4.71. The van der Waals surface area contributed by atoms with Crippen molar-refractivity contribution in [3.8, 4) is 0 Å². The highest BCUT2D eigenvalue weighted by atomic mass is 16.5. The molecule has 1 aliphatic rings. The van der Waals surface area contributed by atoms with Gasteiger partial charge in [-0.2, -0.15) is 0 Å². The molecule has 1 rings (SSSR count). The first kappa shape index (κ1) is 12.2. The van der Waals surface area contributed by atoms with E-state index in [2.05, 4.69) is 0 Å². The normalized spacial score (nSPS) is 30.0. The lowest BCUT2D eigenvalue weighted by molar-refractivity contribution is -0.849. The predicted molar refractivity (Wildman–Crippen MR) is 57.8 cm³/mol. The van der Waals surface area contributed by atoms with Crippen LogP contribution >= 0.6 is 0 Å². The molecule has 4 heteroatoms. The van der Waals surface area contributed by atoms with Gasteiger partial charge in [-0.1, -0.05) is 5.57 Å². The van der Waals surface area contributed by atoms with Crippen LogP contribution in [0.5, 0.6) is 0 Å². The van der Waals surface area contributed by atoms with Crippen LogP contribution < -0.4 is 0 Å². The highest BCUT2D eigenvalue weighted by Gasteiger charge is 2.28. The molecule has 1 heterocycles. The van der Waals surface area contributed by atoms with Crippen LogP contribution in [0.25, 0.3) is 0 Å². The quantitative estimate of drug-likeness (QED) is 0.308. The molecule has 1 fully saturated rings. The van der Waals surface area contributed by atoms with Crippen molar-refractivity contribution in [2.75, 3.05) is 26.7 Å². The van der Waals surface area contributed by atoms with Gasteiger partial charge in [-0.05, 0) is 13.8 Å². The summed E-state index contributed by atoms with van der Waals surface area (Å²) in [5, 5.41) is 11.5. The molecule has 15 heavy (non-hydrogen) atoms. The minimum absolute atomic E-state index is 0.204. The van der Waals surface area contributed by atoms with Crippen LogP contribution in [0.15, 0.2) is 11.6 Å². The van der Waals surface area contributed by atoms with Crippen molar-refractivity contribution in [3.63, 3.8) is 0 Å². The van der Waals surface area contributed by atoms with Crippen LogP contribution in [0, 0.1) is 11.1 Å². The molecule has 0 bridgehead atoms. The fourth-order valence-electron chi connectivity index (χ4n) is 1.80. The van der Waals surface area contributed by atoms with Gasteiger partial charge in [-0.3, -0.25) is 0 Å². The second kappa shape index (κ2) is 4.77. The van der Waals surface area contributed by atoms with Crippen molar-refractivity contribution < 1.29 is 14.2 Å². The van der Waals surface area contributed by atoms with E-state index >= 15 is 0 Å². The zero-order chi connectivity index (χ0) is 11.5. The number of hydrogen-bond donors (Lipinski definition) is 0. The number of hydroxylamine groups is 3. The number of likely N-dealkylation sites (tertiary alicyclic amines) is 1. The minimum atomic E-state index is -0.304. The second-order valence-electron chi connectivity index (χ2n) is 4.71. The van der Waals surface area contributed by atoms with Crippen LogP contribution in [0.3, 0.4) is 0 Å². The van der Waals surface area contributed by atoms with Crippen molar-refractivity contribution in [3.05, 3.63) is 16.9 Å². The van der Waals surface area contributed by atoms with E-state index < -0.39 is 0 Å². The molecule has 1 saturated heterocycles. The summed E-state index contributed by atoms with van der Waals surface area (Å²) in [4.78, 5) is 11.2. The molecule has 4 nitrogen and oxygen atoms in total. The van der Waals surface area contributed by atoms with E-state index in [4.69, 9.17) is 4.74 Å². The molecular formula is C11H19NO3. The van der Waals surface area contributed by atoms with Crippen molar-refractivity contribution >= 4 is 5.97 Å². The van der Waals surface area contributed by atoms with Crippen LogP contribution in [0.4, 0.5) is 0 Å². The predicted octanol–water partition coefficient (Wildman–Crippen LogP) is 1.46. The van der Waals surface area contributed by atoms with Crippen LogP contribution in [-0.4, -0.2) is 37.4 Å². The van der Waals surface area contributed by atoms with Gasteiger partial charge < -0.3 is 14.6 Å². The van der Waals surface area contributed by atoms with E-state index in [1.165, 1.54) is 6.08 Å². The van der Waals surface area contributed by atoms with Gasteiger partial charge in [0.1, 0.15) is 6.61 Å². The molecule has 0 saturated carbocycles.